The second-order valence-electron chi connectivity index (χ2n) is 16.5. The van der Waals surface area contributed by atoms with Crippen molar-refractivity contribution in [3.8, 4) is 29.4 Å². The van der Waals surface area contributed by atoms with Crippen LogP contribution >= 0.6 is 11.8 Å². The summed E-state index contributed by atoms with van der Waals surface area (Å²) in [5.74, 6) is 10.7. The fourth-order valence-electron chi connectivity index (χ4n) is 8.85. The number of nitrogens with one attached hydrogen (secondary N) is 3. The van der Waals surface area contributed by atoms with Crippen molar-refractivity contribution in [1.82, 2.24) is 20.6 Å². The summed E-state index contributed by atoms with van der Waals surface area (Å²) in [5, 5.41) is 29.6. The molecule has 1 aromatic carbocycles. The normalized spacial score (nSPS) is 30.8. The van der Waals surface area contributed by atoms with Crippen LogP contribution in [0, 0.1) is 29.6 Å². The molecule has 2 aliphatic heterocycles. The number of ketones is 2. The lowest BCUT2D eigenvalue weighted by atomic mass is 9.83. The van der Waals surface area contributed by atoms with Crippen LogP contribution in [0.15, 0.2) is 65.5 Å². The molecule has 0 radical (unpaired) electrons. The number of allylic oxidation sites excluding steroid dienone is 3. The van der Waals surface area contributed by atoms with Gasteiger partial charge in [-0.2, -0.15) is 0 Å². The molecule has 1 amide bonds. The summed E-state index contributed by atoms with van der Waals surface area (Å²) in [6.45, 7) is 6.16. The Morgan fingerprint density at radius 2 is 1.95 bits per heavy atom. The number of H-pyrrole nitrogens is 1. The number of hydrogen-bond donors (Lipinski definition) is 5. The van der Waals surface area contributed by atoms with Gasteiger partial charge in [-0.15, -0.1) is 21.2 Å². The number of aliphatic hydroxyl groups is 1. The molecule has 3 aromatic rings. The van der Waals surface area contributed by atoms with Crippen molar-refractivity contribution in [3.63, 3.8) is 0 Å². The van der Waals surface area contributed by atoms with Gasteiger partial charge in [0.25, 0.3) is 0 Å². The first-order valence-electron chi connectivity index (χ1n) is 21.2. The van der Waals surface area contributed by atoms with Gasteiger partial charge in [-0.1, -0.05) is 54.8 Å². The summed E-state index contributed by atoms with van der Waals surface area (Å²) in [6, 6.07) is 6.82. The van der Waals surface area contributed by atoms with Gasteiger partial charge in [-0.25, -0.2) is 4.79 Å². The second kappa shape index (κ2) is 21.0. The molecule has 346 valence electrons. The Bertz CT molecular complexity index is 2570. The Morgan fingerprint density at radius 3 is 2.68 bits per heavy atom. The van der Waals surface area contributed by atoms with Crippen molar-refractivity contribution in [2.45, 2.75) is 100.0 Å². The number of aromatic amines is 1. The van der Waals surface area contributed by atoms with Crippen LogP contribution in [-0.2, 0) is 53.9 Å². The number of carbonyl (C=O) groups is 3. The molecular formula is C47H54N4O11S3. The predicted octanol–water partition coefficient (Wildman–Crippen LogP) is 4.51. The zero-order chi connectivity index (χ0) is 46.6. The molecule has 2 fully saturated rings. The minimum absolute atomic E-state index is 0.0594. The number of amides is 1. The average Bonchev–Trinajstić information content (AvgIpc) is 3.65. The first-order chi connectivity index (χ1) is 31.2. The minimum Gasteiger partial charge on any atom is -0.508 e. The minimum atomic E-state index is -1.32. The Balaban J connectivity index is 1.32. The molecule has 4 heterocycles. The number of aromatic nitrogens is 2. The number of alkyl carbamates (subject to hydrolysis) is 1. The standard InChI is InChI=1S/C47H54N4O11S3/c1-25(2)49-33-24-59-39(22-37(33)57-4)61-38-23-47(64-6,44(55)43-42-28(16-18-48-43)31-20-27(52)14-15-32(31)50-42)26(3)60-45(38)62-36-13-11-9-8-10-12-30-40(36)29(17-19-65(7)63)34(53)21-35(54)41(30)51-46(56)58-5/h8-9,14-18,20,25-26,33-34,36-40,45,49-50,52-53H,19,21-24H2,1-7H3,(H,51,56)/b9-8-,29-17-/t26?,33?,34-,36-,37?,38?,39?,40?,45?,47?,65?/m0/s1. The molecule has 7 rings (SSSR count). The third kappa shape index (κ3) is 10.4. The van der Waals surface area contributed by atoms with Crippen molar-refractivity contribution in [2.24, 2.45) is 5.92 Å². The number of methoxy groups -OCH3 is 2. The van der Waals surface area contributed by atoms with Crippen LogP contribution in [0.2, 0.25) is 0 Å². The maximum atomic E-state index is 15.3. The number of Topliss-reactive ketones (excluding diaryl/α,β-unsaturated/α-hetero) is 2. The molecule has 5 N–H and O–H groups in total. The Kier molecular flexibility index (Phi) is 15.7. The van der Waals surface area contributed by atoms with E-state index in [1.54, 1.807) is 50.6 Å². The molecule has 2 aliphatic carbocycles. The van der Waals surface area contributed by atoms with Gasteiger partial charge in [-0.3, -0.25) is 19.9 Å². The molecule has 11 atom stereocenters. The highest BCUT2D eigenvalue weighted by molar-refractivity contribution is 8.28. The lowest BCUT2D eigenvalue weighted by Gasteiger charge is -2.48. The van der Waals surface area contributed by atoms with E-state index in [0.717, 1.165) is 16.3 Å². The number of thioether (sulfide) groups is 1. The zero-order valence-electron chi connectivity index (χ0n) is 37.2. The highest BCUT2D eigenvalue weighted by Crippen LogP contribution is 2.46. The molecule has 4 aliphatic rings. The van der Waals surface area contributed by atoms with E-state index < -0.39 is 69.0 Å². The van der Waals surface area contributed by atoms with Crippen LogP contribution in [0.25, 0.3) is 21.8 Å². The van der Waals surface area contributed by atoms with Crippen LogP contribution in [0.1, 0.15) is 50.5 Å². The quantitative estimate of drug-likeness (QED) is 0.0911. The maximum absolute atomic E-state index is 15.3. The summed E-state index contributed by atoms with van der Waals surface area (Å²) in [4.78, 5) is 49.8. The topological polar surface area (TPSA) is 200 Å². The molecular weight excluding hydrogens is 893 g/mol. The Morgan fingerprint density at radius 1 is 1.17 bits per heavy atom. The number of aliphatic hydroxyl groups excluding tert-OH is 1. The summed E-state index contributed by atoms with van der Waals surface area (Å²) in [7, 11) is 2.29. The van der Waals surface area contributed by atoms with Crippen molar-refractivity contribution in [2.75, 3.05) is 39.1 Å². The Hall–Kier alpha value is -4.44. The van der Waals surface area contributed by atoms with Crippen molar-refractivity contribution >= 4 is 71.9 Å². The molecule has 18 heteroatoms. The lowest BCUT2D eigenvalue weighted by Crippen LogP contribution is -2.60. The molecule has 0 saturated carbocycles. The SMILES string of the molecule is COC(=O)NC1=C2C#C/C=C\C#C[C@H](OC3OC(C)C(SC)(C(=O)c4nccc5c4[nH]c4ccc(O)cc45)CC3OC3CC(OC)C(NC(C)C)CO3)C2/C(=C\CS(C)=S)[C@@H](O)CC1=O. The second-order valence-corrected chi connectivity index (χ2v) is 20.8. The molecule has 2 aromatic heterocycles. The third-order valence-electron chi connectivity index (χ3n) is 12.0. The van der Waals surface area contributed by atoms with Crippen LogP contribution in [0.5, 0.6) is 5.75 Å². The number of carbonyl (C=O) groups excluding carboxylic acids is 3. The van der Waals surface area contributed by atoms with Gasteiger partial charge in [0.15, 0.2) is 18.4 Å². The number of phenolic OH excluding ortho intramolecular Hbond substituents is 1. The third-order valence-corrected chi connectivity index (χ3v) is 14.5. The lowest BCUT2D eigenvalue weighted by molar-refractivity contribution is -0.305. The number of phenols is 1. The molecule has 0 spiro atoms. The fourth-order valence-corrected chi connectivity index (χ4v) is 10.5. The fraction of sp³-hybridized carbons (Fsp3) is 0.489. The number of hydrogen-bond acceptors (Lipinski definition) is 15. The number of fused-ring (bicyclic) bond motifs is 4. The van der Waals surface area contributed by atoms with Gasteiger partial charge in [0.1, 0.15) is 28.4 Å². The van der Waals surface area contributed by atoms with Crippen LogP contribution in [-0.4, -0.2) is 137 Å². The van der Waals surface area contributed by atoms with Crippen molar-refractivity contribution in [1.29, 1.82) is 0 Å². The molecule has 2 saturated heterocycles. The van der Waals surface area contributed by atoms with Gasteiger partial charge >= 0.3 is 6.09 Å². The number of ether oxygens (including phenoxy) is 6. The summed E-state index contributed by atoms with van der Waals surface area (Å²) in [5.41, 5.74) is 1.80. The average molecular weight is 947 g/mol. The molecule has 0 bridgehead atoms. The largest absolute Gasteiger partial charge is 0.508 e. The molecule has 65 heavy (non-hydrogen) atoms. The van der Waals surface area contributed by atoms with Crippen LogP contribution in [0.3, 0.4) is 0 Å². The van der Waals surface area contributed by atoms with Gasteiger partial charge in [0, 0.05) is 66.2 Å². The van der Waals surface area contributed by atoms with E-state index in [9.17, 15) is 19.8 Å². The van der Waals surface area contributed by atoms with Gasteiger partial charge < -0.3 is 48.9 Å². The first-order valence-corrected chi connectivity index (χ1v) is 25.2. The number of nitrogens with zero attached hydrogens (tertiary/aromatic N) is 1. The number of pyridine rings is 1. The van der Waals surface area contributed by atoms with Crippen molar-refractivity contribution < 1.29 is 53.0 Å². The number of benzene rings is 1. The predicted molar refractivity (Wildman–Crippen MR) is 252 cm³/mol. The zero-order valence-corrected chi connectivity index (χ0v) is 39.6. The highest BCUT2D eigenvalue weighted by Gasteiger charge is 2.55. The molecule has 9 unspecified atom stereocenters. The maximum Gasteiger partial charge on any atom is 0.411 e. The highest BCUT2D eigenvalue weighted by atomic mass is 32.8. The smallest absolute Gasteiger partial charge is 0.411 e. The number of rotatable bonds is 13. The van der Waals surface area contributed by atoms with Gasteiger partial charge in [0.2, 0.25) is 5.78 Å². The van der Waals surface area contributed by atoms with E-state index in [0.29, 0.717) is 23.3 Å². The van der Waals surface area contributed by atoms with E-state index in [1.165, 1.54) is 31.0 Å². The Labute approximate surface area is 389 Å². The van der Waals surface area contributed by atoms with Gasteiger partial charge in [-0.05, 0) is 61.4 Å². The summed E-state index contributed by atoms with van der Waals surface area (Å²) >= 11 is 6.86. The summed E-state index contributed by atoms with van der Waals surface area (Å²) < 4.78 is 36.6. The van der Waals surface area contributed by atoms with Crippen LogP contribution in [0.4, 0.5) is 4.79 Å². The van der Waals surface area contributed by atoms with E-state index in [4.69, 9.17) is 39.6 Å². The van der Waals surface area contributed by atoms with Crippen molar-refractivity contribution in [3.05, 3.63) is 71.2 Å². The monoisotopic (exact) mass is 946 g/mol. The van der Waals surface area contributed by atoms with Crippen LogP contribution < -0.4 is 10.6 Å². The first kappa shape index (κ1) is 48.5. The van der Waals surface area contributed by atoms with E-state index in [2.05, 4.69) is 44.3 Å². The molecule has 15 nitrogen and oxygen atoms in total. The van der Waals surface area contributed by atoms with Gasteiger partial charge in [0.05, 0.1) is 55.2 Å². The summed E-state index contributed by atoms with van der Waals surface area (Å²) in [6.07, 6.45) is 2.63. The van der Waals surface area contributed by atoms with E-state index >= 15 is 4.79 Å². The van der Waals surface area contributed by atoms with E-state index in [-0.39, 0.29) is 66.1 Å². The number of aromatic hydroxyl groups is 1. The van der Waals surface area contributed by atoms with E-state index in [1.807, 2.05) is 26.4 Å².